The van der Waals surface area contributed by atoms with E-state index in [-0.39, 0.29) is 18.5 Å². The molecule has 460 valence electrons. The highest BCUT2D eigenvalue weighted by Crippen LogP contribution is 2.19. The molecular formula is C72H137NO5. The second kappa shape index (κ2) is 67.6. The van der Waals surface area contributed by atoms with Crippen LogP contribution in [-0.4, -0.2) is 47.4 Å². The minimum absolute atomic E-state index is 0.0312. The molecule has 0 bridgehead atoms. The summed E-state index contributed by atoms with van der Waals surface area (Å²) in [4.78, 5) is 24.6. The van der Waals surface area contributed by atoms with Crippen LogP contribution in [0, 0.1) is 0 Å². The summed E-state index contributed by atoms with van der Waals surface area (Å²) in [6.45, 7) is 4.83. The fourth-order valence-corrected chi connectivity index (χ4v) is 11.1. The maximum absolute atomic E-state index is 12.5. The minimum atomic E-state index is -0.850. The fourth-order valence-electron chi connectivity index (χ4n) is 11.1. The number of amides is 1. The third kappa shape index (κ3) is 63.3. The lowest BCUT2D eigenvalue weighted by molar-refractivity contribution is -0.143. The lowest BCUT2D eigenvalue weighted by Gasteiger charge is -2.20. The predicted octanol–water partition coefficient (Wildman–Crippen LogP) is 22.7. The monoisotopic (exact) mass is 1100 g/mol. The summed E-state index contributed by atoms with van der Waals surface area (Å²) in [5, 5.41) is 23.3. The first-order valence-corrected chi connectivity index (χ1v) is 35.3. The largest absolute Gasteiger partial charge is 0.465 e. The average molecular weight is 1100 g/mol. The van der Waals surface area contributed by atoms with Crippen LogP contribution in [0.3, 0.4) is 0 Å². The molecule has 0 aliphatic heterocycles. The van der Waals surface area contributed by atoms with Crippen LogP contribution in [0.1, 0.15) is 386 Å². The Bertz CT molecular complexity index is 1260. The highest BCUT2D eigenvalue weighted by Gasteiger charge is 2.18. The second-order valence-corrected chi connectivity index (χ2v) is 24.2. The van der Waals surface area contributed by atoms with Crippen molar-refractivity contribution >= 4 is 11.9 Å². The van der Waals surface area contributed by atoms with Crippen LogP contribution in [0.15, 0.2) is 36.5 Å². The Morgan fingerprint density at radius 1 is 0.359 bits per heavy atom. The normalized spacial score (nSPS) is 12.7. The number of allylic oxidation sites excluding steroid dienone is 4. The van der Waals surface area contributed by atoms with Crippen LogP contribution in [-0.2, 0) is 14.3 Å². The van der Waals surface area contributed by atoms with Crippen molar-refractivity contribution in [3.8, 4) is 0 Å². The van der Waals surface area contributed by atoms with Gasteiger partial charge in [0.1, 0.15) is 0 Å². The number of aliphatic hydroxyl groups excluding tert-OH is 2. The molecule has 0 aliphatic carbocycles. The Balaban J connectivity index is 3.46. The number of aliphatic hydroxyl groups is 2. The van der Waals surface area contributed by atoms with E-state index in [0.717, 1.165) is 51.4 Å². The Morgan fingerprint density at radius 2 is 0.641 bits per heavy atom. The third-order valence-corrected chi connectivity index (χ3v) is 16.4. The van der Waals surface area contributed by atoms with E-state index < -0.39 is 12.1 Å². The van der Waals surface area contributed by atoms with Gasteiger partial charge in [0.25, 0.3) is 0 Å². The van der Waals surface area contributed by atoms with Crippen molar-refractivity contribution in [2.75, 3.05) is 13.2 Å². The van der Waals surface area contributed by atoms with Gasteiger partial charge in [-0.05, 0) is 51.4 Å². The Kier molecular flexibility index (Phi) is 65.9. The number of esters is 1. The highest BCUT2D eigenvalue weighted by molar-refractivity contribution is 5.76. The van der Waals surface area contributed by atoms with Crippen molar-refractivity contribution < 1.29 is 24.5 Å². The van der Waals surface area contributed by atoms with E-state index in [9.17, 15) is 19.8 Å². The topological polar surface area (TPSA) is 95.9 Å². The number of unbranched alkanes of at least 4 members (excludes halogenated alkanes) is 51. The third-order valence-electron chi connectivity index (χ3n) is 16.4. The molecule has 1 amide bonds. The van der Waals surface area contributed by atoms with E-state index in [1.54, 1.807) is 6.08 Å². The lowest BCUT2D eigenvalue weighted by atomic mass is 10.0. The summed E-state index contributed by atoms with van der Waals surface area (Å²) in [6, 6.07) is -0.633. The van der Waals surface area contributed by atoms with Crippen LogP contribution < -0.4 is 5.32 Å². The average Bonchev–Trinajstić information content (AvgIpc) is 3.44. The van der Waals surface area contributed by atoms with Crippen LogP contribution in [0.5, 0.6) is 0 Å². The Labute approximate surface area is 487 Å². The maximum atomic E-state index is 12.5. The first-order chi connectivity index (χ1) is 38.5. The first-order valence-electron chi connectivity index (χ1n) is 35.3. The van der Waals surface area contributed by atoms with E-state index in [1.807, 2.05) is 6.08 Å². The minimum Gasteiger partial charge on any atom is -0.465 e. The Hall–Kier alpha value is -1.92. The molecule has 3 N–H and O–H groups in total. The summed E-state index contributed by atoms with van der Waals surface area (Å²) in [6.07, 6.45) is 86.6. The number of nitrogens with one attached hydrogen (secondary N) is 1. The van der Waals surface area contributed by atoms with Gasteiger partial charge in [-0.1, -0.05) is 359 Å². The molecule has 0 aromatic carbocycles. The van der Waals surface area contributed by atoms with Gasteiger partial charge in [-0.2, -0.15) is 0 Å². The van der Waals surface area contributed by atoms with E-state index >= 15 is 0 Å². The van der Waals surface area contributed by atoms with Crippen LogP contribution in [0.4, 0.5) is 0 Å². The van der Waals surface area contributed by atoms with Crippen molar-refractivity contribution in [2.45, 2.75) is 398 Å². The van der Waals surface area contributed by atoms with Crippen LogP contribution in [0.2, 0.25) is 0 Å². The van der Waals surface area contributed by atoms with Crippen molar-refractivity contribution in [3.63, 3.8) is 0 Å². The molecule has 0 radical (unpaired) electrons. The highest BCUT2D eigenvalue weighted by atomic mass is 16.5. The zero-order chi connectivity index (χ0) is 56.4. The van der Waals surface area contributed by atoms with Gasteiger partial charge in [-0.25, -0.2) is 0 Å². The van der Waals surface area contributed by atoms with Crippen molar-refractivity contribution in [2.24, 2.45) is 0 Å². The molecule has 0 heterocycles. The first kappa shape index (κ1) is 76.1. The van der Waals surface area contributed by atoms with Gasteiger partial charge in [0.05, 0.1) is 25.4 Å². The van der Waals surface area contributed by atoms with Gasteiger partial charge < -0.3 is 20.3 Å². The maximum Gasteiger partial charge on any atom is 0.305 e. The van der Waals surface area contributed by atoms with Gasteiger partial charge in [0.15, 0.2) is 0 Å². The van der Waals surface area contributed by atoms with Gasteiger partial charge in [0, 0.05) is 12.8 Å². The molecular weight excluding hydrogens is 959 g/mol. The van der Waals surface area contributed by atoms with Crippen LogP contribution >= 0.6 is 0 Å². The summed E-state index contributed by atoms with van der Waals surface area (Å²) >= 11 is 0. The van der Waals surface area contributed by atoms with E-state index in [0.29, 0.717) is 19.4 Å². The number of hydrogen-bond donors (Lipinski definition) is 3. The van der Waals surface area contributed by atoms with E-state index in [1.165, 1.54) is 308 Å². The van der Waals surface area contributed by atoms with Gasteiger partial charge in [-0.15, -0.1) is 0 Å². The molecule has 6 nitrogen and oxygen atoms in total. The number of ether oxygens (including phenoxy) is 1. The molecule has 78 heavy (non-hydrogen) atoms. The summed E-state index contributed by atoms with van der Waals surface area (Å²) in [5.41, 5.74) is 0. The standard InChI is InChI=1S/C72H137NO5/c1-3-5-7-9-11-13-15-17-19-21-22-23-24-26-29-33-36-40-44-48-52-56-60-64-70(75)69(68-74)73-71(76)65-61-57-53-49-45-41-37-34-30-27-25-28-31-35-39-43-47-51-55-59-63-67-78-72(77)66-62-58-54-50-46-42-38-32-20-18-16-14-12-10-8-6-4-2/h43,47,55,59-60,64,69-70,74-75H,3-42,44-46,48-54,56-58,61-63,65-68H2,1-2H3,(H,73,76)/b47-43-,59-55-,64-60+. The molecule has 0 aromatic heterocycles. The quantitative estimate of drug-likeness (QED) is 0.0320. The molecule has 0 aromatic rings. The zero-order valence-corrected chi connectivity index (χ0v) is 52.7. The van der Waals surface area contributed by atoms with E-state index in [2.05, 4.69) is 43.5 Å². The van der Waals surface area contributed by atoms with Gasteiger partial charge >= 0.3 is 5.97 Å². The predicted molar refractivity (Wildman–Crippen MR) is 343 cm³/mol. The van der Waals surface area contributed by atoms with Crippen molar-refractivity contribution in [1.29, 1.82) is 0 Å². The van der Waals surface area contributed by atoms with Crippen molar-refractivity contribution in [3.05, 3.63) is 36.5 Å². The molecule has 0 rings (SSSR count). The van der Waals surface area contributed by atoms with Crippen molar-refractivity contribution in [1.82, 2.24) is 5.32 Å². The molecule has 6 heteroatoms. The molecule has 2 unspecified atom stereocenters. The lowest BCUT2D eigenvalue weighted by Crippen LogP contribution is -2.45. The SMILES string of the molecule is CCCCCCCCCCCCCCCCCCCCCCC/C=C/C(O)C(CO)NC(=O)CCCCCCCCCCCCCCCC/C=C\C/C=C\CCOC(=O)CCCCCCCCCCCCCCCCCCC. The molecule has 0 spiro atoms. The smallest absolute Gasteiger partial charge is 0.305 e. The number of rotatable bonds is 66. The van der Waals surface area contributed by atoms with Gasteiger partial charge in [-0.3, -0.25) is 9.59 Å². The number of carbonyl (C=O) groups excluding carboxylic acids is 2. The van der Waals surface area contributed by atoms with Gasteiger partial charge in [0.2, 0.25) is 5.91 Å². The molecule has 0 saturated carbocycles. The number of carbonyl (C=O) groups is 2. The van der Waals surface area contributed by atoms with E-state index in [4.69, 9.17) is 4.74 Å². The summed E-state index contributed by atoms with van der Waals surface area (Å²) in [5.74, 6) is -0.100. The second-order valence-electron chi connectivity index (χ2n) is 24.2. The van der Waals surface area contributed by atoms with Crippen LogP contribution in [0.25, 0.3) is 0 Å². The fraction of sp³-hybridized carbons (Fsp3) is 0.889. The molecule has 0 saturated heterocycles. The number of hydrogen-bond acceptors (Lipinski definition) is 5. The Morgan fingerprint density at radius 3 is 0.974 bits per heavy atom. The molecule has 0 fully saturated rings. The molecule has 0 aliphatic rings. The zero-order valence-electron chi connectivity index (χ0n) is 52.7. The molecule has 2 atom stereocenters. The summed E-state index contributed by atoms with van der Waals surface area (Å²) < 4.78 is 5.44. The summed E-state index contributed by atoms with van der Waals surface area (Å²) in [7, 11) is 0.